The lowest BCUT2D eigenvalue weighted by Gasteiger charge is -2.33. The van der Waals surface area contributed by atoms with E-state index in [1.165, 1.54) is 0 Å². The molecule has 2 amide bonds. The van der Waals surface area contributed by atoms with Crippen molar-refractivity contribution in [1.82, 2.24) is 15.5 Å². The van der Waals surface area contributed by atoms with Crippen LogP contribution >= 0.6 is 0 Å². The van der Waals surface area contributed by atoms with Gasteiger partial charge in [-0.2, -0.15) is 0 Å². The molecule has 5 nitrogen and oxygen atoms in total. The minimum absolute atomic E-state index is 0.0278. The summed E-state index contributed by atoms with van der Waals surface area (Å²) in [7, 11) is 0. The highest BCUT2D eigenvalue weighted by atomic mass is 16.2. The van der Waals surface area contributed by atoms with Crippen molar-refractivity contribution < 1.29 is 9.59 Å². The molecule has 5 heteroatoms. The van der Waals surface area contributed by atoms with Gasteiger partial charge in [0.2, 0.25) is 11.8 Å². The van der Waals surface area contributed by atoms with Crippen molar-refractivity contribution in [3.05, 3.63) is 0 Å². The van der Waals surface area contributed by atoms with E-state index in [4.69, 9.17) is 0 Å². The molecule has 2 unspecified atom stereocenters. The van der Waals surface area contributed by atoms with Gasteiger partial charge in [0.25, 0.3) is 0 Å². The second kappa shape index (κ2) is 5.12. The Kier molecular flexibility index (Phi) is 3.85. The molecule has 2 rings (SSSR count). The minimum atomic E-state index is -0.167. The molecule has 0 saturated carbocycles. The molecule has 0 radical (unpaired) electrons. The molecule has 0 aromatic carbocycles. The van der Waals surface area contributed by atoms with Gasteiger partial charge < -0.3 is 15.5 Å². The second-order valence-electron chi connectivity index (χ2n) is 6.79. The van der Waals surface area contributed by atoms with Crippen molar-refractivity contribution in [2.75, 3.05) is 19.6 Å². The number of rotatable bonds is 3. The fraction of sp³-hybridized carbons (Fsp3) is 0.857. The Morgan fingerprint density at radius 1 is 1.42 bits per heavy atom. The molecule has 0 bridgehead atoms. The number of carbonyl (C=O) groups is 2. The van der Waals surface area contributed by atoms with E-state index in [9.17, 15) is 9.59 Å². The average molecular weight is 267 g/mol. The summed E-state index contributed by atoms with van der Waals surface area (Å²) in [5.74, 6) is 0.687. The zero-order chi connectivity index (χ0) is 14.2. The highest BCUT2D eigenvalue weighted by molar-refractivity contribution is 5.83. The minimum Gasteiger partial charge on any atom is -0.351 e. The van der Waals surface area contributed by atoms with Gasteiger partial charge in [-0.3, -0.25) is 9.59 Å². The number of nitrogens with zero attached hydrogens (tertiary/aromatic N) is 1. The highest BCUT2D eigenvalue weighted by Crippen LogP contribution is 2.23. The van der Waals surface area contributed by atoms with Crippen LogP contribution in [-0.2, 0) is 9.59 Å². The number of hydrogen-bond acceptors (Lipinski definition) is 3. The summed E-state index contributed by atoms with van der Waals surface area (Å²) in [5, 5.41) is 6.21. The predicted octanol–water partition coefficient (Wildman–Crippen LogP) is 0.358. The summed E-state index contributed by atoms with van der Waals surface area (Å²) in [5.41, 5.74) is -0.167. The van der Waals surface area contributed by atoms with Crippen LogP contribution in [0.3, 0.4) is 0 Å². The lowest BCUT2D eigenvalue weighted by atomic mass is 9.88. The highest BCUT2D eigenvalue weighted by Gasteiger charge is 2.38. The maximum atomic E-state index is 12.1. The molecule has 2 aliphatic rings. The van der Waals surface area contributed by atoms with Crippen LogP contribution in [0, 0.1) is 11.8 Å². The first-order valence-corrected chi connectivity index (χ1v) is 7.10. The molecule has 0 aromatic heterocycles. The Balaban J connectivity index is 1.87. The SMILES string of the molecule is CC(C(=O)NC1CC(=O)N(C(C)(C)C)C1)C1CNC1. The van der Waals surface area contributed by atoms with Gasteiger partial charge in [-0.1, -0.05) is 6.92 Å². The van der Waals surface area contributed by atoms with E-state index in [-0.39, 0.29) is 29.3 Å². The van der Waals surface area contributed by atoms with Crippen molar-refractivity contribution in [1.29, 1.82) is 0 Å². The molecule has 2 saturated heterocycles. The molecule has 2 heterocycles. The van der Waals surface area contributed by atoms with E-state index >= 15 is 0 Å². The smallest absolute Gasteiger partial charge is 0.225 e. The molecule has 108 valence electrons. The van der Waals surface area contributed by atoms with Gasteiger partial charge >= 0.3 is 0 Å². The van der Waals surface area contributed by atoms with Crippen molar-refractivity contribution in [3.63, 3.8) is 0 Å². The third-order valence-corrected chi connectivity index (χ3v) is 4.21. The van der Waals surface area contributed by atoms with E-state index in [1.807, 2.05) is 32.6 Å². The number of carbonyl (C=O) groups excluding carboxylic acids is 2. The Morgan fingerprint density at radius 2 is 2.05 bits per heavy atom. The van der Waals surface area contributed by atoms with Crippen molar-refractivity contribution in [2.24, 2.45) is 11.8 Å². The summed E-state index contributed by atoms with van der Waals surface area (Å²) in [6.07, 6.45) is 0.429. The van der Waals surface area contributed by atoms with Gasteiger partial charge in [0.15, 0.2) is 0 Å². The number of amides is 2. The van der Waals surface area contributed by atoms with E-state index in [2.05, 4.69) is 10.6 Å². The fourth-order valence-electron chi connectivity index (χ4n) is 2.66. The average Bonchev–Trinajstić information content (AvgIpc) is 2.56. The molecule has 2 fully saturated rings. The van der Waals surface area contributed by atoms with E-state index in [1.54, 1.807) is 0 Å². The normalized spacial score (nSPS) is 26.2. The molecule has 2 atom stereocenters. The van der Waals surface area contributed by atoms with Crippen molar-refractivity contribution in [2.45, 2.75) is 45.7 Å². The Morgan fingerprint density at radius 3 is 2.47 bits per heavy atom. The van der Waals surface area contributed by atoms with Crippen LogP contribution in [0.4, 0.5) is 0 Å². The zero-order valence-corrected chi connectivity index (χ0v) is 12.3. The van der Waals surface area contributed by atoms with E-state index in [0.717, 1.165) is 13.1 Å². The number of likely N-dealkylation sites (tertiary alicyclic amines) is 1. The maximum Gasteiger partial charge on any atom is 0.225 e. The van der Waals surface area contributed by atoms with Crippen LogP contribution < -0.4 is 10.6 Å². The lowest BCUT2D eigenvalue weighted by molar-refractivity contribution is -0.131. The third-order valence-electron chi connectivity index (χ3n) is 4.21. The summed E-state index contributed by atoms with van der Waals surface area (Å²) < 4.78 is 0. The molecule has 19 heavy (non-hydrogen) atoms. The summed E-state index contributed by atoms with van der Waals surface area (Å²) in [6, 6.07) is -0.0327. The largest absolute Gasteiger partial charge is 0.351 e. The van der Waals surface area contributed by atoms with Gasteiger partial charge in [0, 0.05) is 24.4 Å². The first-order valence-electron chi connectivity index (χ1n) is 7.10. The number of hydrogen-bond donors (Lipinski definition) is 2. The molecule has 0 aliphatic carbocycles. The first kappa shape index (κ1) is 14.3. The van der Waals surface area contributed by atoms with Crippen LogP contribution in [0.15, 0.2) is 0 Å². The molecule has 0 aromatic rings. The van der Waals surface area contributed by atoms with Gasteiger partial charge in [0.1, 0.15) is 0 Å². The maximum absolute atomic E-state index is 12.1. The standard InChI is InChI=1S/C14H25N3O2/c1-9(10-6-15-7-10)13(19)16-11-5-12(18)17(8-11)14(2,3)4/h9-11,15H,5-8H2,1-4H3,(H,16,19). The molecular weight excluding hydrogens is 242 g/mol. The Labute approximate surface area is 115 Å². The van der Waals surface area contributed by atoms with Gasteiger partial charge in [-0.25, -0.2) is 0 Å². The summed E-state index contributed by atoms with van der Waals surface area (Å²) in [4.78, 5) is 25.9. The van der Waals surface area contributed by atoms with Crippen LogP contribution in [0.25, 0.3) is 0 Å². The fourth-order valence-corrected chi connectivity index (χ4v) is 2.66. The zero-order valence-electron chi connectivity index (χ0n) is 12.3. The van der Waals surface area contributed by atoms with Crippen LogP contribution in [0.1, 0.15) is 34.1 Å². The number of nitrogens with one attached hydrogen (secondary N) is 2. The Hall–Kier alpha value is -1.10. The van der Waals surface area contributed by atoms with Crippen molar-refractivity contribution in [3.8, 4) is 0 Å². The predicted molar refractivity (Wildman–Crippen MR) is 73.5 cm³/mol. The van der Waals surface area contributed by atoms with Crippen LogP contribution in [0.2, 0.25) is 0 Å². The summed E-state index contributed by atoms with van der Waals surface area (Å²) in [6.45, 7) is 10.5. The third kappa shape index (κ3) is 3.08. The van der Waals surface area contributed by atoms with Gasteiger partial charge in [-0.15, -0.1) is 0 Å². The Bertz CT molecular complexity index is 371. The molecule has 0 spiro atoms. The topological polar surface area (TPSA) is 61.4 Å². The van der Waals surface area contributed by atoms with Gasteiger partial charge in [0.05, 0.1) is 6.04 Å². The second-order valence-corrected chi connectivity index (χ2v) is 6.79. The summed E-state index contributed by atoms with van der Waals surface area (Å²) >= 11 is 0. The quantitative estimate of drug-likeness (QED) is 0.776. The van der Waals surface area contributed by atoms with Gasteiger partial charge in [-0.05, 0) is 39.8 Å². The van der Waals surface area contributed by atoms with Crippen molar-refractivity contribution >= 4 is 11.8 Å². The first-order chi connectivity index (χ1) is 8.79. The van der Waals surface area contributed by atoms with Crippen LogP contribution in [-0.4, -0.2) is 47.9 Å². The molecule has 2 N–H and O–H groups in total. The van der Waals surface area contributed by atoms with E-state index < -0.39 is 0 Å². The molecule has 2 aliphatic heterocycles. The van der Waals surface area contributed by atoms with E-state index in [0.29, 0.717) is 18.9 Å². The van der Waals surface area contributed by atoms with Crippen LogP contribution in [0.5, 0.6) is 0 Å². The molecular formula is C14H25N3O2. The monoisotopic (exact) mass is 267 g/mol. The lowest BCUT2D eigenvalue weighted by Crippen LogP contribution is -2.51.